The van der Waals surface area contributed by atoms with Crippen LogP contribution < -0.4 is 5.32 Å². The molecule has 0 atom stereocenters. The zero-order valence-corrected chi connectivity index (χ0v) is 9.03. The monoisotopic (exact) mass is 200 g/mol. The summed E-state index contributed by atoms with van der Waals surface area (Å²) < 4.78 is 2.29. The van der Waals surface area contributed by atoms with Crippen molar-refractivity contribution in [1.29, 1.82) is 0 Å². The Balaban J connectivity index is 2.57. The Morgan fingerprint density at radius 2 is 2.20 bits per heavy atom. The topological polar surface area (TPSA) is 17.0 Å². The second-order valence-electron chi connectivity index (χ2n) is 3.62. The molecule has 0 spiro atoms. The summed E-state index contributed by atoms with van der Waals surface area (Å²) in [4.78, 5) is 0. The van der Waals surface area contributed by atoms with Crippen LogP contribution in [0.1, 0.15) is 5.69 Å². The summed E-state index contributed by atoms with van der Waals surface area (Å²) in [6.07, 6.45) is 1.94. The Labute approximate surface area is 90.2 Å². The van der Waals surface area contributed by atoms with Crippen LogP contribution in [0.2, 0.25) is 0 Å². The van der Waals surface area contributed by atoms with Gasteiger partial charge in [-0.25, -0.2) is 0 Å². The fourth-order valence-electron chi connectivity index (χ4n) is 1.94. The van der Waals surface area contributed by atoms with Gasteiger partial charge in [0.2, 0.25) is 0 Å². The zero-order chi connectivity index (χ0) is 10.7. The van der Waals surface area contributed by atoms with E-state index in [1.807, 2.05) is 13.1 Å². The van der Waals surface area contributed by atoms with Gasteiger partial charge in [-0.3, -0.25) is 0 Å². The lowest BCUT2D eigenvalue weighted by atomic mass is 10.2. The zero-order valence-electron chi connectivity index (χ0n) is 9.03. The summed E-state index contributed by atoms with van der Waals surface area (Å²) in [5.41, 5.74) is 2.58. The molecule has 1 aromatic heterocycles. The van der Waals surface area contributed by atoms with E-state index >= 15 is 0 Å². The molecular formula is C13H16N2. The van der Waals surface area contributed by atoms with E-state index in [-0.39, 0.29) is 0 Å². The van der Waals surface area contributed by atoms with Crippen molar-refractivity contribution < 1.29 is 0 Å². The van der Waals surface area contributed by atoms with Gasteiger partial charge < -0.3 is 9.88 Å². The molecule has 78 valence electrons. The predicted octanol–water partition coefficient (Wildman–Crippen LogP) is 2.55. The number of allylic oxidation sites excluding steroid dienone is 1. The molecular weight excluding hydrogens is 184 g/mol. The minimum Gasteiger partial charge on any atom is -0.339 e. The molecule has 2 rings (SSSR count). The second kappa shape index (κ2) is 4.32. The van der Waals surface area contributed by atoms with Gasteiger partial charge in [-0.1, -0.05) is 24.3 Å². The minimum atomic E-state index is 0.866. The van der Waals surface area contributed by atoms with Crippen LogP contribution in [0.5, 0.6) is 0 Å². The first kappa shape index (κ1) is 9.99. The average molecular weight is 200 g/mol. The Morgan fingerprint density at radius 1 is 1.40 bits per heavy atom. The first-order valence-corrected chi connectivity index (χ1v) is 5.19. The number of nitrogens with one attached hydrogen (secondary N) is 1. The Morgan fingerprint density at radius 3 is 2.93 bits per heavy atom. The second-order valence-corrected chi connectivity index (χ2v) is 3.62. The van der Waals surface area contributed by atoms with Gasteiger partial charge in [-0.2, -0.15) is 0 Å². The first-order chi connectivity index (χ1) is 7.36. The maximum atomic E-state index is 3.80. The van der Waals surface area contributed by atoms with Gasteiger partial charge in [0.15, 0.2) is 0 Å². The highest BCUT2D eigenvalue weighted by Gasteiger charge is 2.05. The van der Waals surface area contributed by atoms with E-state index in [4.69, 9.17) is 0 Å². The molecule has 0 fully saturated rings. The summed E-state index contributed by atoms with van der Waals surface area (Å²) in [6.45, 7) is 5.56. The molecule has 2 heteroatoms. The normalized spacial score (nSPS) is 10.7. The van der Waals surface area contributed by atoms with Crippen molar-refractivity contribution >= 4 is 10.9 Å². The predicted molar refractivity (Wildman–Crippen MR) is 64.9 cm³/mol. The summed E-state index contributed by atoms with van der Waals surface area (Å²) in [6, 6.07) is 10.7. The van der Waals surface area contributed by atoms with E-state index in [0.717, 1.165) is 13.1 Å². The third-order valence-electron chi connectivity index (χ3n) is 2.57. The molecule has 0 aliphatic carbocycles. The molecule has 0 saturated heterocycles. The van der Waals surface area contributed by atoms with E-state index in [9.17, 15) is 0 Å². The number of benzene rings is 1. The maximum Gasteiger partial charge on any atom is 0.0485 e. The van der Waals surface area contributed by atoms with Crippen LogP contribution >= 0.6 is 0 Å². The standard InChI is InChI=1S/C13H16N2/c1-3-8-15-12(10-14-2)9-11-6-4-5-7-13(11)15/h3-7,9,14H,1,8,10H2,2H3. The Bertz CT molecular complexity index is 468. The molecule has 0 saturated carbocycles. The lowest BCUT2D eigenvalue weighted by Gasteiger charge is -2.07. The highest BCUT2D eigenvalue weighted by molar-refractivity contribution is 5.81. The summed E-state index contributed by atoms with van der Waals surface area (Å²) >= 11 is 0. The van der Waals surface area contributed by atoms with Gasteiger partial charge in [-0.15, -0.1) is 6.58 Å². The van der Waals surface area contributed by atoms with Gasteiger partial charge in [-0.05, 0) is 24.6 Å². The molecule has 2 aromatic rings. The third kappa shape index (κ3) is 1.81. The van der Waals surface area contributed by atoms with Crippen LogP contribution in [0, 0.1) is 0 Å². The van der Waals surface area contributed by atoms with E-state index in [0.29, 0.717) is 0 Å². The van der Waals surface area contributed by atoms with E-state index in [1.165, 1.54) is 16.6 Å². The Hall–Kier alpha value is -1.54. The fourth-order valence-corrected chi connectivity index (χ4v) is 1.94. The maximum absolute atomic E-state index is 3.80. The lowest BCUT2D eigenvalue weighted by Crippen LogP contribution is -2.10. The lowest BCUT2D eigenvalue weighted by molar-refractivity contribution is 0.718. The van der Waals surface area contributed by atoms with Gasteiger partial charge in [0.05, 0.1) is 0 Å². The van der Waals surface area contributed by atoms with Crippen molar-refractivity contribution in [1.82, 2.24) is 9.88 Å². The quantitative estimate of drug-likeness (QED) is 0.750. The van der Waals surface area contributed by atoms with E-state index in [1.54, 1.807) is 0 Å². The van der Waals surface area contributed by atoms with Crippen LogP contribution in [0.4, 0.5) is 0 Å². The number of aromatic nitrogens is 1. The molecule has 1 heterocycles. The van der Waals surface area contributed by atoms with Crippen molar-refractivity contribution in [2.75, 3.05) is 7.05 Å². The molecule has 1 aromatic carbocycles. The largest absolute Gasteiger partial charge is 0.339 e. The molecule has 1 N–H and O–H groups in total. The van der Waals surface area contributed by atoms with E-state index in [2.05, 4.69) is 46.8 Å². The highest BCUT2D eigenvalue weighted by atomic mass is 15.0. The molecule has 2 nitrogen and oxygen atoms in total. The number of hydrogen-bond donors (Lipinski definition) is 1. The van der Waals surface area contributed by atoms with Crippen LogP contribution in [-0.2, 0) is 13.1 Å². The van der Waals surface area contributed by atoms with Crippen molar-refractivity contribution in [2.24, 2.45) is 0 Å². The fraction of sp³-hybridized carbons (Fsp3) is 0.231. The smallest absolute Gasteiger partial charge is 0.0485 e. The Kier molecular flexibility index (Phi) is 2.88. The van der Waals surface area contributed by atoms with Crippen molar-refractivity contribution in [3.05, 3.63) is 48.7 Å². The number of para-hydroxylation sites is 1. The molecule has 0 aliphatic rings. The number of nitrogens with zero attached hydrogens (tertiary/aromatic N) is 1. The molecule has 0 radical (unpaired) electrons. The van der Waals surface area contributed by atoms with Crippen LogP contribution in [0.25, 0.3) is 10.9 Å². The van der Waals surface area contributed by atoms with E-state index < -0.39 is 0 Å². The first-order valence-electron chi connectivity index (χ1n) is 5.19. The minimum absolute atomic E-state index is 0.866. The number of fused-ring (bicyclic) bond motifs is 1. The van der Waals surface area contributed by atoms with Gasteiger partial charge in [0, 0.05) is 24.3 Å². The molecule has 0 unspecified atom stereocenters. The van der Waals surface area contributed by atoms with Crippen LogP contribution in [0.15, 0.2) is 43.0 Å². The number of rotatable bonds is 4. The van der Waals surface area contributed by atoms with Crippen molar-refractivity contribution in [3.8, 4) is 0 Å². The third-order valence-corrected chi connectivity index (χ3v) is 2.57. The van der Waals surface area contributed by atoms with Gasteiger partial charge in [0.25, 0.3) is 0 Å². The number of hydrogen-bond acceptors (Lipinski definition) is 1. The van der Waals surface area contributed by atoms with Crippen molar-refractivity contribution in [2.45, 2.75) is 13.1 Å². The summed E-state index contributed by atoms with van der Waals surface area (Å²) in [7, 11) is 1.97. The SMILES string of the molecule is C=CCn1c(CNC)cc2ccccc21. The van der Waals surface area contributed by atoms with Gasteiger partial charge in [0.1, 0.15) is 0 Å². The average Bonchev–Trinajstić information content (AvgIpc) is 2.59. The molecule has 0 amide bonds. The van der Waals surface area contributed by atoms with Gasteiger partial charge >= 0.3 is 0 Å². The highest BCUT2D eigenvalue weighted by Crippen LogP contribution is 2.19. The van der Waals surface area contributed by atoms with Crippen LogP contribution in [-0.4, -0.2) is 11.6 Å². The molecule has 15 heavy (non-hydrogen) atoms. The summed E-state index contributed by atoms with van der Waals surface area (Å²) in [5.74, 6) is 0. The summed E-state index contributed by atoms with van der Waals surface area (Å²) in [5, 5.41) is 4.48. The van der Waals surface area contributed by atoms with Crippen molar-refractivity contribution in [3.63, 3.8) is 0 Å². The molecule has 0 aliphatic heterocycles. The van der Waals surface area contributed by atoms with Crippen LogP contribution in [0.3, 0.4) is 0 Å². The molecule has 0 bridgehead atoms.